The number of carbonyl (C=O) groups is 1. The molecule has 4 nitrogen and oxygen atoms in total. The predicted molar refractivity (Wildman–Crippen MR) is 108 cm³/mol. The van der Waals surface area contributed by atoms with Crippen LogP contribution < -0.4 is 5.32 Å². The Labute approximate surface area is 187 Å². The van der Waals surface area contributed by atoms with Gasteiger partial charge in [0.25, 0.3) is 5.91 Å². The van der Waals surface area contributed by atoms with Gasteiger partial charge >= 0.3 is 12.4 Å². The lowest BCUT2D eigenvalue weighted by molar-refractivity contribution is -0.138. The summed E-state index contributed by atoms with van der Waals surface area (Å²) in [6, 6.07) is 11.3. The molecule has 3 aromatic rings. The van der Waals surface area contributed by atoms with E-state index in [1.807, 2.05) is 0 Å². The van der Waals surface area contributed by atoms with Gasteiger partial charge in [-0.15, -0.1) is 0 Å². The average molecular weight is 485 g/mol. The van der Waals surface area contributed by atoms with E-state index in [9.17, 15) is 36.4 Å². The van der Waals surface area contributed by atoms with Crippen LogP contribution in [0.3, 0.4) is 0 Å². The van der Waals surface area contributed by atoms with Crippen LogP contribution in [0.2, 0.25) is 5.02 Å². The van der Waals surface area contributed by atoms with Gasteiger partial charge < -0.3 is 9.73 Å². The first-order valence-electron chi connectivity index (χ1n) is 8.96. The van der Waals surface area contributed by atoms with Crippen molar-refractivity contribution in [2.45, 2.75) is 12.4 Å². The molecule has 0 spiro atoms. The Hall–Kier alpha value is -3.71. The number of nitrogens with one attached hydrogen (secondary N) is 1. The monoisotopic (exact) mass is 484 g/mol. The van der Waals surface area contributed by atoms with Crippen molar-refractivity contribution < 1.29 is 35.6 Å². The minimum Gasteiger partial charge on any atom is -0.457 e. The molecule has 11 heteroatoms. The maximum Gasteiger partial charge on any atom is 0.417 e. The number of nitriles is 1. The molecule has 0 aliphatic heterocycles. The molecule has 0 saturated heterocycles. The van der Waals surface area contributed by atoms with Gasteiger partial charge in [0.2, 0.25) is 0 Å². The molecule has 0 aliphatic carbocycles. The van der Waals surface area contributed by atoms with E-state index in [0.29, 0.717) is 6.07 Å². The van der Waals surface area contributed by atoms with E-state index in [2.05, 4.69) is 5.32 Å². The quantitative estimate of drug-likeness (QED) is 0.242. The lowest BCUT2D eigenvalue weighted by atomic mass is 10.1. The first kappa shape index (κ1) is 23.9. The number of furan rings is 1. The summed E-state index contributed by atoms with van der Waals surface area (Å²) in [5, 5.41) is 10.9. The molecule has 0 atom stereocenters. The number of anilines is 1. The minimum atomic E-state index is -4.67. The standard InChI is InChI=1S/C22H11ClF6N2O2/c23-18-10-15(4-6-17(18)22(27,28)29)31-20(32)13(11-30)9-16-5-7-19(33-16)12-2-1-3-14(8-12)21(24,25)26/h1-10H,(H,31,32)/b13-9+. The summed E-state index contributed by atoms with van der Waals surface area (Å²) in [4.78, 5) is 12.3. The van der Waals surface area contributed by atoms with Crippen LogP contribution in [0.1, 0.15) is 16.9 Å². The third kappa shape index (κ3) is 5.75. The van der Waals surface area contributed by atoms with Gasteiger partial charge in [-0.25, -0.2) is 0 Å². The molecule has 2 aromatic carbocycles. The van der Waals surface area contributed by atoms with Crippen molar-refractivity contribution in [1.29, 1.82) is 5.26 Å². The predicted octanol–water partition coefficient (Wildman–Crippen LogP) is 7.18. The Bertz CT molecular complexity index is 1270. The zero-order valence-corrected chi connectivity index (χ0v) is 16.9. The van der Waals surface area contributed by atoms with Crippen LogP contribution >= 0.6 is 11.6 Å². The molecule has 0 aliphatic rings. The van der Waals surface area contributed by atoms with Crippen LogP contribution in [0.25, 0.3) is 17.4 Å². The Morgan fingerprint density at radius 2 is 1.73 bits per heavy atom. The van der Waals surface area contributed by atoms with Crippen molar-refractivity contribution in [2.24, 2.45) is 0 Å². The van der Waals surface area contributed by atoms with E-state index in [1.54, 1.807) is 6.07 Å². The van der Waals surface area contributed by atoms with Gasteiger partial charge in [-0.05, 0) is 42.5 Å². The third-order valence-corrected chi connectivity index (χ3v) is 4.60. The smallest absolute Gasteiger partial charge is 0.417 e. The Kier molecular flexibility index (Phi) is 6.56. The highest BCUT2D eigenvalue weighted by Gasteiger charge is 2.33. The molecule has 1 N–H and O–H groups in total. The molecule has 3 rings (SSSR count). The molecule has 0 bridgehead atoms. The number of amides is 1. The second kappa shape index (κ2) is 9.03. The van der Waals surface area contributed by atoms with Crippen LogP contribution in [0.5, 0.6) is 0 Å². The largest absolute Gasteiger partial charge is 0.457 e. The first-order chi connectivity index (χ1) is 15.4. The highest BCUT2D eigenvalue weighted by molar-refractivity contribution is 6.31. The Morgan fingerprint density at radius 3 is 2.33 bits per heavy atom. The molecule has 1 amide bonds. The molecule has 33 heavy (non-hydrogen) atoms. The normalized spacial score (nSPS) is 12.4. The van der Waals surface area contributed by atoms with Crippen molar-refractivity contribution in [3.63, 3.8) is 0 Å². The lowest BCUT2D eigenvalue weighted by Gasteiger charge is -2.11. The summed E-state index contributed by atoms with van der Waals surface area (Å²) < 4.78 is 82.5. The molecule has 170 valence electrons. The van der Waals surface area contributed by atoms with Gasteiger partial charge in [-0.2, -0.15) is 31.6 Å². The van der Waals surface area contributed by atoms with E-state index in [1.165, 1.54) is 24.3 Å². The van der Waals surface area contributed by atoms with E-state index in [-0.39, 0.29) is 22.8 Å². The topological polar surface area (TPSA) is 66.0 Å². The lowest BCUT2D eigenvalue weighted by Crippen LogP contribution is -2.14. The van der Waals surface area contributed by atoms with Crippen LogP contribution in [-0.4, -0.2) is 5.91 Å². The van der Waals surface area contributed by atoms with Gasteiger partial charge in [-0.1, -0.05) is 23.7 Å². The second-order valence-electron chi connectivity index (χ2n) is 6.60. The summed E-state index contributed by atoms with van der Waals surface area (Å²) in [7, 11) is 0. The fourth-order valence-electron chi connectivity index (χ4n) is 2.75. The third-order valence-electron chi connectivity index (χ3n) is 4.29. The van der Waals surface area contributed by atoms with Crippen LogP contribution in [0.15, 0.2) is 64.6 Å². The molecule has 0 radical (unpaired) electrons. The summed E-state index contributed by atoms with van der Waals surface area (Å²) in [5.41, 5.74) is -2.37. The number of carbonyl (C=O) groups excluding carboxylic acids is 1. The van der Waals surface area contributed by atoms with Gasteiger partial charge in [0.15, 0.2) is 0 Å². The highest BCUT2D eigenvalue weighted by Crippen LogP contribution is 2.36. The fraction of sp³-hybridized carbons (Fsp3) is 0.0909. The van der Waals surface area contributed by atoms with Crippen LogP contribution in [0, 0.1) is 11.3 Å². The van der Waals surface area contributed by atoms with E-state index in [0.717, 1.165) is 30.3 Å². The number of alkyl halides is 6. The molecular formula is C22H11ClF6N2O2. The van der Waals surface area contributed by atoms with E-state index >= 15 is 0 Å². The maximum atomic E-state index is 12.9. The molecule has 0 saturated carbocycles. The molecule has 1 heterocycles. The van der Waals surface area contributed by atoms with E-state index in [4.69, 9.17) is 16.0 Å². The Morgan fingerprint density at radius 1 is 1.00 bits per heavy atom. The fourth-order valence-corrected chi connectivity index (χ4v) is 3.03. The summed E-state index contributed by atoms with van der Waals surface area (Å²) in [6.45, 7) is 0. The van der Waals surface area contributed by atoms with Gasteiger partial charge in [0.05, 0.1) is 16.1 Å². The Balaban J connectivity index is 1.81. The van der Waals surface area contributed by atoms with Crippen LogP contribution in [0.4, 0.5) is 32.0 Å². The molecule has 0 unspecified atom stereocenters. The summed E-state index contributed by atoms with van der Waals surface area (Å²) >= 11 is 5.60. The molecule has 1 aromatic heterocycles. The van der Waals surface area contributed by atoms with Gasteiger partial charge in [0.1, 0.15) is 23.2 Å². The summed E-state index contributed by atoms with van der Waals surface area (Å²) in [6.07, 6.45) is -8.18. The molecular weight excluding hydrogens is 474 g/mol. The zero-order chi connectivity index (χ0) is 24.4. The number of halogens is 7. The molecule has 0 fully saturated rings. The second-order valence-corrected chi connectivity index (χ2v) is 7.00. The number of nitrogens with zero attached hydrogens (tertiary/aromatic N) is 1. The zero-order valence-electron chi connectivity index (χ0n) is 16.2. The highest BCUT2D eigenvalue weighted by atomic mass is 35.5. The van der Waals surface area contributed by atoms with Gasteiger partial charge in [0, 0.05) is 17.3 Å². The minimum absolute atomic E-state index is 0.000404. The number of benzene rings is 2. The van der Waals surface area contributed by atoms with Crippen molar-refractivity contribution in [3.8, 4) is 17.4 Å². The SMILES string of the molecule is N#C/C(=C\c1ccc(-c2cccc(C(F)(F)F)c2)o1)C(=O)Nc1ccc(C(F)(F)F)c(Cl)c1. The van der Waals surface area contributed by atoms with Crippen molar-refractivity contribution in [2.75, 3.05) is 5.32 Å². The van der Waals surface area contributed by atoms with Crippen molar-refractivity contribution >= 4 is 29.3 Å². The number of hydrogen-bond donors (Lipinski definition) is 1. The maximum absolute atomic E-state index is 12.9. The van der Waals surface area contributed by atoms with Crippen molar-refractivity contribution in [3.05, 3.63) is 82.1 Å². The number of hydrogen-bond acceptors (Lipinski definition) is 3. The number of rotatable bonds is 4. The summed E-state index contributed by atoms with van der Waals surface area (Å²) in [5.74, 6) is -0.885. The van der Waals surface area contributed by atoms with Crippen LogP contribution in [-0.2, 0) is 17.1 Å². The van der Waals surface area contributed by atoms with Gasteiger partial charge in [-0.3, -0.25) is 4.79 Å². The van der Waals surface area contributed by atoms with Crippen molar-refractivity contribution in [1.82, 2.24) is 0 Å². The first-order valence-corrected chi connectivity index (χ1v) is 9.33. The average Bonchev–Trinajstić information content (AvgIpc) is 3.19. The van der Waals surface area contributed by atoms with E-state index < -0.39 is 40.0 Å².